The minimum atomic E-state index is -4.47. The lowest BCUT2D eigenvalue weighted by atomic mass is 10.1. The van der Waals surface area contributed by atoms with Gasteiger partial charge in [0.25, 0.3) is 0 Å². The van der Waals surface area contributed by atoms with E-state index in [2.05, 4.69) is 9.72 Å². The van der Waals surface area contributed by atoms with Gasteiger partial charge >= 0.3 is 12.1 Å². The van der Waals surface area contributed by atoms with Crippen LogP contribution in [-0.4, -0.2) is 22.5 Å². The second-order valence-electron chi connectivity index (χ2n) is 4.84. The minimum absolute atomic E-state index is 0.0108. The molecule has 0 aliphatic carbocycles. The highest BCUT2D eigenvalue weighted by Crippen LogP contribution is 2.36. The quantitative estimate of drug-likeness (QED) is 0.675. The van der Waals surface area contributed by atoms with E-state index in [1.54, 1.807) is 6.07 Å². The maximum atomic E-state index is 13.1. The number of carbonyl (C=O) groups is 1. The van der Waals surface area contributed by atoms with Crippen molar-refractivity contribution in [3.63, 3.8) is 0 Å². The molecule has 0 unspecified atom stereocenters. The number of ether oxygens (including phenoxy) is 1. The van der Waals surface area contributed by atoms with Crippen molar-refractivity contribution >= 4 is 11.6 Å². The lowest BCUT2D eigenvalue weighted by Crippen LogP contribution is -2.06. The Bertz CT molecular complexity index is 884. The number of hydrogen-bond acceptors (Lipinski definition) is 3. The fraction of sp³-hybridized carbons (Fsp3) is 0.125. The van der Waals surface area contributed by atoms with Crippen LogP contribution in [0.4, 0.5) is 13.2 Å². The fourth-order valence-corrected chi connectivity index (χ4v) is 2.31. The molecule has 1 aromatic carbocycles. The average molecular weight is 320 g/mol. The van der Waals surface area contributed by atoms with Crippen LogP contribution >= 0.6 is 0 Å². The zero-order chi connectivity index (χ0) is 16.6. The third-order valence-electron chi connectivity index (χ3n) is 3.38. The van der Waals surface area contributed by atoms with E-state index in [0.717, 1.165) is 6.07 Å². The predicted molar refractivity (Wildman–Crippen MR) is 77.0 cm³/mol. The summed E-state index contributed by atoms with van der Waals surface area (Å²) in [5.74, 6) is -0.530. The van der Waals surface area contributed by atoms with Gasteiger partial charge < -0.3 is 9.14 Å². The number of methoxy groups -OCH3 is 1. The first kappa shape index (κ1) is 15.1. The molecule has 0 atom stereocenters. The van der Waals surface area contributed by atoms with E-state index >= 15 is 0 Å². The van der Waals surface area contributed by atoms with Gasteiger partial charge in [-0.05, 0) is 18.2 Å². The van der Waals surface area contributed by atoms with Gasteiger partial charge in [0.15, 0.2) is 0 Å². The van der Waals surface area contributed by atoms with Gasteiger partial charge in [0.2, 0.25) is 0 Å². The third-order valence-corrected chi connectivity index (χ3v) is 3.38. The summed E-state index contributed by atoms with van der Waals surface area (Å²) >= 11 is 0. The first-order valence-corrected chi connectivity index (χ1v) is 6.64. The lowest BCUT2D eigenvalue weighted by Gasteiger charge is -2.10. The maximum absolute atomic E-state index is 13.1. The Labute approximate surface area is 129 Å². The normalized spacial score (nSPS) is 11.7. The summed E-state index contributed by atoms with van der Waals surface area (Å²) < 4.78 is 45.4. The second-order valence-corrected chi connectivity index (χ2v) is 4.84. The number of rotatable bonds is 2. The van der Waals surface area contributed by atoms with Crippen molar-refractivity contribution in [2.45, 2.75) is 6.18 Å². The molecule has 0 N–H and O–H groups in total. The second kappa shape index (κ2) is 5.42. The maximum Gasteiger partial charge on any atom is 0.417 e. The van der Waals surface area contributed by atoms with Gasteiger partial charge in [-0.3, -0.25) is 0 Å². The molecule has 0 radical (unpaired) electrons. The Morgan fingerprint density at radius 2 is 1.87 bits per heavy atom. The van der Waals surface area contributed by atoms with Crippen LogP contribution in [0.25, 0.3) is 16.9 Å². The Hall–Kier alpha value is -2.83. The minimum Gasteiger partial charge on any atom is -0.465 e. The van der Waals surface area contributed by atoms with Crippen molar-refractivity contribution in [2.24, 2.45) is 0 Å². The van der Waals surface area contributed by atoms with E-state index in [1.807, 2.05) is 0 Å². The van der Waals surface area contributed by atoms with Crippen molar-refractivity contribution in [3.05, 3.63) is 59.9 Å². The number of halogens is 3. The number of esters is 1. The number of carbonyl (C=O) groups excluding carboxylic acids is 1. The van der Waals surface area contributed by atoms with Gasteiger partial charge in [0.1, 0.15) is 5.65 Å². The molecule has 0 aliphatic heterocycles. The van der Waals surface area contributed by atoms with Crippen molar-refractivity contribution in [2.75, 3.05) is 7.11 Å². The Morgan fingerprint density at radius 3 is 2.57 bits per heavy atom. The Kier molecular flexibility index (Phi) is 3.55. The first-order chi connectivity index (χ1) is 10.9. The van der Waals surface area contributed by atoms with Crippen LogP contribution in [0.15, 0.2) is 48.8 Å². The number of alkyl halides is 3. The van der Waals surface area contributed by atoms with E-state index in [4.69, 9.17) is 0 Å². The highest BCUT2D eigenvalue weighted by molar-refractivity contribution is 5.89. The van der Waals surface area contributed by atoms with E-state index in [-0.39, 0.29) is 16.8 Å². The highest BCUT2D eigenvalue weighted by atomic mass is 19.4. The van der Waals surface area contributed by atoms with Gasteiger partial charge in [-0.2, -0.15) is 13.2 Å². The van der Waals surface area contributed by atoms with Crippen LogP contribution in [-0.2, 0) is 10.9 Å². The van der Waals surface area contributed by atoms with Gasteiger partial charge in [-0.15, -0.1) is 0 Å². The molecule has 0 fully saturated rings. The lowest BCUT2D eigenvalue weighted by molar-refractivity contribution is -0.137. The number of nitrogens with zero attached hydrogens (tertiary/aromatic N) is 2. The van der Waals surface area contributed by atoms with Crippen molar-refractivity contribution < 1.29 is 22.7 Å². The molecule has 0 aliphatic rings. The Morgan fingerprint density at radius 1 is 1.13 bits per heavy atom. The van der Waals surface area contributed by atoms with Crippen LogP contribution in [0, 0.1) is 0 Å². The smallest absolute Gasteiger partial charge is 0.417 e. The van der Waals surface area contributed by atoms with Gasteiger partial charge in [0.05, 0.1) is 23.9 Å². The van der Waals surface area contributed by atoms with Crippen LogP contribution in [0.1, 0.15) is 15.9 Å². The highest BCUT2D eigenvalue weighted by Gasteiger charge is 2.33. The molecule has 3 aromatic rings. The summed E-state index contributed by atoms with van der Waals surface area (Å²) in [6.07, 6.45) is -1.55. The molecule has 118 valence electrons. The van der Waals surface area contributed by atoms with Crippen LogP contribution < -0.4 is 0 Å². The van der Waals surface area contributed by atoms with Crippen LogP contribution in [0.3, 0.4) is 0 Å². The number of pyridine rings is 1. The summed E-state index contributed by atoms with van der Waals surface area (Å²) in [5.41, 5.74) is 0.137. The number of fused-ring (bicyclic) bond motifs is 1. The number of benzene rings is 1. The molecule has 2 aromatic heterocycles. The summed E-state index contributed by atoms with van der Waals surface area (Å²) in [6.45, 7) is 0. The fourth-order valence-electron chi connectivity index (χ4n) is 2.31. The molecule has 23 heavy (non-hydrogen) atoms. The summed E-state index contributed by atoms with van der Waals surface area (Å²) in [4.78, 5) is 15.7. The molecule has 0 bridgehead atoms. The summed E-state index contributed by atoms with van der Waals surface area (Å²) in [5, 5.41) is 0. The largest absolute Gasteiger partial charge is 0.465 e. The van der Waals surface area contributed by atoms with Crippen molar-refractivity contribution in [3.8, 4) is 11.3 Å². The number of imidazole rings is 1. The van der Waals surface area contributed by atoms with Crippen molar-refractivity contribution in [1.82, 2.24) is 9.38 Å². The Balaban J connectivity index is 2.14. The molecule has 7 heteroatoms. The molecule has 3 rings (SSSR count). The molecule has 2 heterocycles. The van der Waals surface area contributed by atoms with Crippen molar-refractivity contribution in [1.29, 1.82) is 0 Å². The summed E-state index contributed by atoms with van der Waals surface area (Å²) in [6, 6.07) is 8.29. The van der Waals surface area contributed by atoms with E-state index in [1.165, 1.54) is 48.2 Å². The van der Waals surface area contributed by atoms with Crippen LogP contribution in [0.5, 0.6) is 0 Å². The first-order valence-electron chi connectivity index (χ1n) is 6.64. The monoisotopic (exact) mass is 320 g/mol. The van der Waals surface area contributed by atoms with E-state index in [0.29, 0.717) is 5.65 Å². The van der Waals surface area contributed by atoms with Gasteiger partial charge in [-0.1, -0.05) is 18.2 Å². The topological polar surface area (TPSA) is 43.6 Å². The average Bonchev–Trinajstić information content (AvgIpc) is 2.96. The van der Waals surface area contributed by atoms with Gasteiger partial charge in [-0.25, -0.2) is 9.78 Å². The molecule has 4 nitrogen and oxygen atoms in total. The third kappa shape index (κ3) is 2.77. The van der Waals surface area contributed by atoms with Gasteiger partial charge in [0, 0.05) is 18.0 Å². The molecule has 0 spiro atoms. The summed E-state index contributed by atoms with van der Waals surface area (Å²) in [7, 11) is 1.26. The van der Waals surface area contributed by atoms with E-state index in [9.17, 15) is 18.0 Å². The SMILES string of the molecule is COC(=O)c1ccc2nc(-c3ccccc3C(F)(F)F)cn2c1. The molecule has 0 amide bonds. The standard InChI is InChI=1S/C16H11F3N2O2/c1-23-15(22)10-6-7-14-20-13(9-21(14)8-10)11-4-2-3-5-12(11)16(17,18)19/h2-9H,1H3. The zero-order valence-corrected chi connectivity index (χ0v) is 12.0. The molecule has 0 saturated heterocycles. The molecular formula is C16H11F3N2O2. The molecular weight excluding hydrogens is 309 g/mol. The number of aromatic nitrogens is 2. The van der Waals surface area contributed by atoms with E-state index < -0.39 is 17.7 Å². The molecule has 0 saturated carbocycles. The zero-order valence-electron chi connectivity index (χ0n) is 12.0. The van der Waals surface area contributed by atoms with Crippen LogP contribution in [0.2, 0.25) is 0 Å². The number of hydrogen-bond donors (Lipinski definition) is 0. The predicted octanol–water partition coefficient (Wildman–Crippen LogP) is 3.81.